The molecule has 0 aliphatic heterocycles. The first kappa shape index (κ1) is 49.8. The number of quaternary nitrogens is 1. The van der Waals surface area contributed by atoms with E-state index in [9.17, 15) is 19.5 Å². The van der Waals surface area contributed by atoms with Crippen molar-refractivity contribution < 1.29 is 38.2 Å². The number of carboxylic acids is 1. The Hall–Kier alpha value is -3.23. The van der Waals surface area contributed by atoms with Crippen LogP contribution >= 0.6 is 0 Å². The number of allylic oxidation sites excluding steroid dienone is 12. The van der Waals surface area contributed by atoms with E-state index in [1.165, 1.54) is 19.3 Å². The third kappa shape index (κ3) is 34.3. The average molecular weight is 742 g/mol. The molecule has 0 fully saturated rings. The molecule has 0 saturated heterocycles. The Balaban J connectivity index is 4.37. The zero-order valence-corrected chi connectivity index (χ0v) is 34.2. The largest absolute Gasteiger partial charge is 0.544 e. The topological polar surface area (TPSA) is 102 Å². The summed E-state index contributed by atoms with van der Waals surface area (Å²) in [7, 11) is 5.37. The van der Waals surface area contributed by atoms with Crippen LogP contribution in [0.25, 0.3) is 0 Å². The Morgan fingerprint density at radius 3 is 1.51 bits per heavy atom. The van der Waals surface area contributed by atoms with Gasteiger partial charge in [0.2, 0.25) is 0 Å². The van der Waals surface area contributed by atoms with Crippen LogP contribution in [-0.4, -0.2) is 75.5 Å². The molecular formula is C45H75NO7. The number of aliphatic carboxylic acids is 1. The molecule has 53 heavy (non-hydrogen) atoms. The standard InChI is InChI=1S/C45H75NO7/c1-6-8-10-12-14-16-17-18-19-20-21-22-23-24-25-26-28-30-32-34-36-44(48)53-41(39-51-38-37-42(45(49)50)46(3,4)5)40-52-43(47)35-33-31-29-27-15-13-11-9-7-2/h8-11,14-16,18-19,21-22,27,41-42H,6-7,12-13,17,20,23-26,28-40H2,1-5H3/b10-8+,11-9+,16-14+,19-18+,22-21+,27-15+. The number of likely N-dealkylation sites (N-methyl/N-ethyl adjacent to an activating group) is 1. The van der Waals surface area contributed by atoms with Crippen LogP contribution in [0.4, 0.5) is 0 Å². The molecule has 0 aromatic heterocycles. The van der Waals surface area contributed by atoms with Gasteiger partial charge < -0.3 is 28.6 Å². The maximum atomic E-state index is 12.7. The third-order valence-corrected chi connectivity index (χ3v) is 8.59. The molecule has 302 valence electrons. The molecule has 0 aromatic rings. The summed E-state index contributed by atoms with van der Waals surface area (Å²) in [5.74, 6) is -1.81. The lowest BCUT2D eigenvalue weighted by Gasteiger charge is -2.34. The van der Waals surface area contributed by atoms with Gasteiger partial charge in [0.15, 0.2) is 6.10 Å². The number of hydrogen-bond acceptors (Lipinski definition) is 7. The van der Waals surface area contributed by atoms with E-state index < -0.39 is 18.1 Å². The summed E-state index contributed by atoms with van der Waals surface area (Å²) in [4.78, 5) is 36.7. The monoisotopic (exact) mass is 742 g/mol. The van der Waals surface area contributed by atoms with Gasteiger partial charge in [0.1, 0.15) is 12.6 Å². The first-order valence-corrected chi connectivity index (χ1v) is 20.5. The number of rotatable bonds is 35. The predicted octanol–water partition coefficient (Wildman–Crippen LogP) is 9.46. The van der Waals surface area contributed by atoms with Crippen LogP contribution in [0.5, 0.6) is 0 Å². The summed E-state index contributed by atoms with van der Waals surface area (Å²) in [5.41, 5.74) is 0. The molecule has 8 heteroatoms. The van der Waals surface area contributed by atoms with Crippen molar-refractivity contribution in [3.05, 3.63) is 72.9 Å². The molecule has 0 aliphatic rings. The zero-order chi connectivity index (χ0) is 39.3. The van der Waals surface area contributed by atoms with Gasteiger partial charge in [-0.3, -0.25) is 9.59 Å². The lowest BCUT2D eigenvalue weighted by atomic mass is 10.1. The highest BCUT2D eigenvalue weighted by Gasteiger charge is 2.25. The van der Waals surface area contributed by atoms with E-state index in [4.69, 9.17) is 14.2 Å². The molecule has 2 atom stereocenters. The van der Waals surface area contributed by atoms with Crippen LogP contribution < -0.4 is 5.11 Å². The summed E-state index contributed by atoms with van der Waals surface area (Å²) < 4.78 is 17.0. The molecule has 0 spiro atoms. The van der Waals surface area contributed by atoms with Gasteiger partial charge in [-0.05, 0) is 77.0 Å². The highest BCUT2D eigenvalue weighted by Crippen LogP contribution is 2.13. The first-order chi connectivity index (χ1) is 25.6. The first-order valence-electron chi connectivity index (χ1n) is 20.5. The van der Waals surface area contributed by atoms with Crippen molar-refractivity contribution in [3.8, 4) is 0 Å². The quantitative estimate of drug-likeness (QED) is 0.0276. The summed E-state index contributed by atoms with van der Waals surface area (Å²) in [5, 5.41) is 11.6. The zero-order valence-electron chi connectivity index (χ0n) is 34.2. The molecule has 0 aliphatic carbocycles. The summed E-state index contributed by atoms with van der Waals surface area (Å²) >= 11 is 0. The van der Waals surface area contributed by atoms with E-state index in [2.05, 4.69) is 86.8 Å². The lowest BCUT2D eigenvalue weighted by molar-refractivity contribution is -0.889. The lowest BCUT2D eigenvalue weighted by Crippen LogP contribution is -2.55. The number of hydrogen-bond donors (Lipinski definition) is 0. The van der Waals surface area contributed by atoms with Gasteiger partial charge in [0, 0.05) is 19.3 Å². The van der Waals surface area contributed by atoms with Crippen molar-refractivity contribution in [1.29, 1.82) is 0 Å². The van der Waals surface area contributed by atoms with Crippen LogP contribution in [0, 0.1) is 0 Å². The van der Waals surface area contributed by atoms with E-state index in [0.29, 0.717) is 12.8 Å². The summed E-state index contributed by atoms with van der Waals surface area (Å²) in [6, 6.07) is -0.734. The van der Waals surface area contributed by atoms with Crippen LogP contribution in [0.15, 0.2) is 72.9 Å². The van der Waals surface area contributed by atoms with Gasteiger partial charge in [0.25, 0.3) is 0 Å². The smallest absolute Gasteiger partial charge is 0.306 e. The molecule has 0 aromatic carbocycles. The van der Waals surface area contributed by atoms with Gasteiger partial charge in [-0.25, -0.2) is 0 Å². The van der Waals surface area contributed by atoms with E-state index >= 15 is 0 Å². The predicted molar refractivity (Wildman–Crippen MR) is 217 cm³/mol. The van der Waals surface area contributed by atoms with Crippen molar-refractivity contribution in [2.75, 3.05) is 41.0 Å². The molecule has 0 radical (unpaired) electrons. The Kier molecular flexibility index (Phi) is 33.6. The minimum Gasteiger partial charge on any atom is -0.544 e. The van der Waals surface area contributed by atoms with Crippen molar-refractivity contribution in [3.63, 3.8) is 0 Å². The molecule has 2 unspecified atom stereocenters. The normalized spacial score (nSPS) is 13.8. The maximum absolute atomic E-state index is 12.7. The molecule has 0 heterocycles. The van der Waals surface area contributed by atoms with Crippen LogP contribution in [0.3, 0.4) is 0 Å². The van der Waals surface area contributed by atoms with Crippen LogP contribution in [0.2, 0.25) is 0 Å². The fraction of sp³-hybridized carbons (Fsp3) is 0.667. The van der Waals surface area contributed by atoms with Gasteiger partial charge in [-0.2, -0.15) is 0 Å². The Bertz CT molecular complexity index is 1100. The molecule has 0 bridgehead atoms. The number of carbonyl (C=O) groups is 3. The minimum atomic E-state index is -1.14. The fourth-order valence-corrected chi connectivity index (χ4v) is 5.45. The molecule has 0 amide bonds. The van der Waals surface area contributed by atoms with Crippen LogP contribution in [-0.2, 0) is 28.6 Å². The van der Waals surface area contributed by atoms with E-state index in [0.717, 1.165) is 89.9 Å². The van der Waals surface area contributed by atoms with Crippen molar-refractivity contribution in [2.24, 2.45) is 0 Å². The highest BCUT2D eigenvalue weighted by molar-refractivity contribution is 5.70. The number of ether oxygens (including phenoxy) is 3. The molecule has 8 nitrogen and oxygen atoms in total. The Labute approximate surface area is 323 Å². The van der Waals surface area contributed by atoms with Crippen molar-refractivity contribution >= 4 is 17.9 Å². The van der Waals surface area contributed by atoms with Crippen molar-refractivity contribution in [1.82, 2.24) is 0 Å². The van der Waals surface area contributed by atoms with Crippen molar-refractivity contribution in [2.45, 2.75) is 154 Å². The second-order valence-corrected chi connectivity index (χ2v) is 14.5. The molecule has 0 N–H and O–H groups in total. The number of carbonyl (C=O) groups excluding carboxylic acids is 3. The summed E-state index contributed by atoms with van der Waals surface area (Å²) in [6.45, 7) is 4.35. The van der Waals surface area contributed by atoms with E-state index in [1.807, 2.05) is 0 Å². The van der Waals surface area contributed by atoms with Crippen LogP contribution in [0.1, 0.15) is 142 Å². The minimum absolute atomic E-state index is 0.0219. The number of nitrogens with zero attached hydrogens (tertiary/aromatic N) is 1. The Morgan fingerprint density at radius 1 is 0.566 bits per heavy atom. The van der Waals surface area contributed by atoms with Gasteiger partial charge in [0.05, 0.1) is 40.3 Å². The third-order valence-electron chi connectivity index (χ3n) is 8.59. The SMILES string of the molecule is CC/C=C/C/C=C/C/C=C/C/C=C/CCCCCCCCCC(=O)OC(COCCC(C(=O)[O-])[N+](C)(C)C)COC(=O)CCCC/C=C/C/C=C/CC. The number of esters is 2. The Morgan fingerprint density at radius 2 is 1.00 bits per heavy atom. The molecule has 0 rings (SSSR count). The van der Waals surface area contributed by atoms with Gasteiger partial charge >= 0.3 is 11.9 Å². The maximum Gasteiger partial charge on any atom is 0.306 e. The molecule has 0 saturated carbocycles. The fourth-order valence-electron chi connectivity index (χ4n) is 5.45. The number of carboxylic acid groups (broad SMARTS) is 1. The summed E-state index contributed by atoms with van der Waals surface area (Å²) in [6.07, 6.45) is 43.7. The average Bonchev–Trinajstić information content (AvgIpc) is 3.11. The second kappa shape index (κ2) is 35.8. The van der Waals surface area contributed by atoms with Gasteiger partial charge in [-0.1, -0.05) is 119 Å². The van der Waals surface area contributed by atoms with E-state index in [1.54, 1.807) is 21.1 Å². The van der Waals surface area contributed by atoms with E-state index in [-0.39, 0.29) is 42.7 Å². The molecular weight excluding hydrogens is 666 g/mol. The second-order valence-electron chi connectivity index (χ2n) is 14.5. The van der Waals surface area contributed by atoms with Gasteiger partial charge in [-0.15, -0.1) is 0 Å². The number of unbranched alkanes of at least 4 members (excludes halogenated alkanes) is 9. The highest BCUT2D eigenvalue weighted by atomic mass is 16.6.